The van der Waals surface area contributed by atoms with Gasteiger partial charge in [0, 0.05) is 8.61 Å². The third-order valence-electron chi connectivity index (χ3n) is 0.912. The van der Waals surface area contributed by atoms with Gasteiger partial charge in [0.1, 0.15) is 7.85 Å². The molecule has 0 spiro atoms. The van der Waals surface area contributed by atoms with Crippen molar-refractivity contribution >= 4 is 58.0 Å². The molecule has 2 radical (unpaired) electrons. The van der Waals surface area contributed by atoms with Crippen LogP contribution < -0.4 is 0 Å². The Bertz CT molecular complexity index is 229. The fourth-order valence-electron chi connectivity index (χ4n) is 0.380. The first kappa shape index (κ1) is 11.8. The second-order valence-corrected chi connectivity index (χ2v) is 4.72. The van der Waals surface area contributed by atoms with Gasteiger partial charge in [0.25, 0.3) is 0 Å². The van der Waals surface area contributed by atoms with Gasteiger partial charge in [-0.15, -0.1) is 0 Å². The van der Waals surface area contributed by atoms with Gasteiger partial charge >= 0.3 is 0 Å². The van der Waals surface area contributed by atoms with E-state index in [0.717, 1.165) is 8.06 Å². The number of allylic oxidation sites excluding steroid dienone is 5. The summed E-state index contributed by atoms with van der Waals surface area (Å²) in [6.07, 6.45) is 1.71. The van der Waals surface area contributed by atoms with E-state index in [1.165, 1.54) is 0 Å². The van der Waals surface area contributed by atoms with Crippen molar-refractivity contribution in [1.82, 2.24) is 0 Å². The molecule has 4 heteroatoms. The van der Waals surface area contributed by atoms with Gasteiger partial charge in [-0.3, -0.25) is 0 Å². The third kappa shape index (κ3) is 5.09. The largest absolute Gasteiger partial charge is 0.116 e. The molecule has 0 unspecified atom stereocenters. The molecule has 0 fully saturated rings. The molecule has 0 rings (SSSR count). The standard InChI is InChI=1S/C7H6BBrClI/c1-4(10)3-6(11)7(8)5(2)9/h3H,1H2,2H3/b6-3+,7-5-. The molecule has 0 bridgehead atoms. The van der Waals surface area contributed by atoms with Gasteiger partial charge in [0.15, 0.2) is 0 Å². The highest BCUT2D eigenvalue weighted by molar-refractivity contribution is 14.1. The van der Waals surface area contributed by atoms with Crippen LogP contribution in [0.1, 0.15) is 6.92 Å². The van der Waals surface area contributed by atoms with E-state index < -0.39 is 0 Å². The first-order valence-corrected chi connectivity index (χ1v) is 5.04. The summed E-state index contributed by atoms with van der Waals surface area (Å²) in [7, 11) is 5.67. The van der Waals surface area contributed by atoms with Crippen molar-refractivity contribution in [1.29, 1.82) is 0 Å². The van der Waals surface area contributed by atoms with E-state index in [-0.39, 0.29) is 0 Å². The molecule has 0 amide bonds. The van der Waals surface area contributed by atoms with Crippen LogP contribution in [-0.4, -0.2) is 7.85 Å². The van der Waals surface area contributed by atoms with Crippen LogP contribution in [0.5, 0.6) is 0 Å². The lowest BCUT2D eigenvalue weighted by atomic mass is 9.95. The van der Waals surface area contributed by atoms with Gasteiger partial charge in [0.05, 0.1) is 0 Å². The summed E-state index contributed by atoms with van der Waals surface area (Å²) >= 11 is 10.9. The lowest BCUT2D eigenvalue weighted by molar-refractivity contribution is 1.65. The number of halogens is 3. The molecule has 0 aliphatic heterocycles. The van der Waals surface area contributed by atoms with Crippen LogP contribution in [0.3, 0.4) is 0 Å². The van der Waals surface area contributed by atoms with Crippen LogP contribution >= 0.6 is 50.1 Å². The molecule has 0 N–H and O–H groups in total. The maximum atomic E-state index is 5.67. The molecule has 0 atom stereocenters. The first-order valence-electron chi connectivity index (χ1n) is 2.79. The van der Waals surface area contributed by atoms with Crippen molar-refractivity contribution in [3.63, 3.8) is 0 Å². The van der Waals surface area contributed by atoms with E-state index in [9.17, 15) is 0 Å². The third-order valence-corrected chi connectivity index (χ3v) is 2.34. The highest BCUT2D eigenvalue weighted by Gasteiger charge is 1.97. The van der Waals surface area contributed by atoms with Crippen molar-refractivity contribution in [3.05, 3.63) is 31.2 Å². The molecule has 11 heavy (non-hydrogen) atoms. The van der Waals surface area contributed by atoms with Crippen molar-refractivity contribution in [2.75, 3.05) is 0 Å². The van der Waals surface area contributed by atoms with E-state index in [1.54, 1.807) is 6.08 Å². The smallest absolute Gasteiger partial charge is 0.0850 e. The Labute approximate surface area is 95.4 Å². The monoisotopic (exact) mass is 342 g/mol. The maximum Gasteiger partial charge on any atom is 0.116 e. The molecule has 0 saturated heterocycles. The van der Waals surface area contributed by atoms with Gasteiger partial charge in [-0.1, -0.05) is 39.6 Å². The fourth-order valence-corrected chi connectivity index (χ4v) is 2.04. The predicted molar refractivity (Wildman–Crippen MR) is 64.5 cm³/mol. The highest BCUT2D eigenvalue weighted by Crippen LogP contribution is 2.23. The second kappa shape index (κ2) is 5.43. The Hall–Kier alpha value is 0.785. The van der Waals surface area contributed by atoms with Crippen molar-refractivity contribution < 1.29 is 0 Å². The molecule has 0 heterocycles. The minimum atomic E-state index is 0.478. The van der Waals surface area contributed by atoms with Crippen LogP contribution in [-0.2, 0) is 0 Å². The Morgan fingerprint density at radius 1 is 1.73 bits per heavy atom. The van der Waals surface area contributed by atoms with Gasteiger partial charge in [-0.2, -0.15) is 0 Å². The average Bonchev–Trinajstić information content (AvgIpc) is 1.84. The first-order chi connectivity index (χ1) is 4.95. The summed E-state index contributed by atoms with van der Waals surface area (Å²) in [6.45, 7) is 5.40. The Balaban J connectivity index is 4.63. The van der Waals surface area contributed by atoms with Gasteiger partial charge < -0.3 is 0 Å². The quantitative estimate of drug-likeness (QED) is 0.406. The predicted octanol–water partition coefficient (Wildman–Crippen LogP) is 3.85. The second-order valence-electron chi connectivity index (χ2n) is 1.89. The SMILES string of the molecule is [B]C(/C(I)=C\C(=C)Cl)=C(/C)Br. The van der Waals surface area contributed by atoms with Gasteiger partial charge in [-0.25, -0.2) is 0 Å². The van der Waals surface area contributed by atoms with Crippen molar-refractivity contribution in [2.24, 2.45) is 0 Å². The zero-order valence-electron chi connectivity index (χ0n) is 6.00. The summed E-state index contributed by atoms with van der Waals surface area (Å²) in [5.41, 5.74) is 0.687. The number of hydrogen-bond donors (Lipinski definition) is 0. The van der Waals surface area contributed by atoms with Crippen LogP contribution in [0.15, 0.2) is 31.2 Å². The van der Waals surface area contributed by atoms with E-state index >= 15 is 0 Å². The summed E-state index contributed by atoms with van der Waals surface area (Å²) in [5, 5.41) is 0.478. The molecule has 58 valence electrons. The maximum absolute atomic E-state index is 5.67. The van der Waals surface area contributed by atoms with E-state index in [0.29, 0.717) is 10.5 Å². The summed E-state index contributed by atoms with van der Waals surface area (Å²) < 4.78 is 1.79. The lowest BCUT2D eigenvalue weighted by Gasteiger charge is -2.00. The topological polar surface area (TPSA) is 0 Å². The highest BCUT2D eigenvalue weighted by atomic mass is 127. The van der Waals surface area contributed by atoms with Crippen molar-refractivity contribution in [3.8, 4) is 0 Å². The minimum Gasteiger partial charge on any atom is -0.0850 e. The summed E-state index contributed by atoms with van der Waals surface area (Å²) in [4.78, 5) is 0. The van der Waals surface area contributed by atoms with Crippen LogP contribution in [0.25, 0.3) is 0 Å². The van der Waals surface area contributed by atoms with Crippen molar-refractivity contribution in [2.45, 2.75) is 6.92 Å². The van der Waals surface area contributed by atoms with Gasteiger partial charge in [-0.05, 0) is 40.1 Å². The zero-order valence-corrected chi connectivity index (χ0v) is 10.5. The van der Waals surface area contributed by atoms with Crippen LogP contribution in [0.4, 0.5) is 0 Å². The zero-order chi connectivity index (χ0) is 9.02. The molecule has 0 nitrogen and oxygen atoms in total. The van der Waals surface area contributed by atoms with E-state index in [2.05, 4.69) is 45.1 Å². The summed E-state index contributed by atoms with van der Waals surface area (Å²) in [6, 6.07) is 0. The molecule has 0 aromatic rings. The fraction of sp³-hybridized carbons (Fsp3) is 0.143. The Morgan fingerprint density at radius 3 is 2.45 bits per heavy atom. The number of hydrogen-bond acceptors (Lipinski definition) is 0. The molecule has 0 aliphatic carbocycles. The number of rotatable bonds is 2. The van der Waals surface area contributed by atoms with E-state index in [1.807, 2.05) is 6.92 Å². The Morgan fingerprint density at radius 2 is 2.18 bits per heavy atom. The van der Waals surface area contributed by atoms with Gasteiger partial charge in [0.2, 0.25) is 0 Å². The average molecular weight is 343 g/mol. The molecule has 0 aromatic carbocycles. The molecule has 0 aromatic heterocycles. The van der Waals surface area contributed by atoms with E-state index in [4.69, 9.17) is 19.4 Å². The molecular formula is C7H6BBrClI. The molecular weight excluding hydrogens is 337 g/mol. The molecule has 0 saturated carbocycles. The normalized spacial score (nSPS) is 14.4. The molecule has 0 aliphatic rings. The Kier molecular flexibility index (Phi) is 5.82. The minimum absolute atomic E-state index is 0.478. The van der Waals surface area contributed by atoms with Crippen LogP contribution in [0.2, 0.25) is 0 Å². The van der Waals surface area contributed by atoms with Crippen LogP contribution in [0, 0.1) is 0 Å². The summed E-state index contributed by atoms with van der Waals surface area (Å²) in [5.74, 6) is 0. The lowest BCUT2D eigenvalue weighted by Crippen LogP contribution is -1.82.